The summed E-state index contributed by atoms with van der Waals surface area (Å²) in [6.07, 6.45) is 2.69. The molecule has 3 heterocycles. The summed E-state index contributed by atoms with van der Waals surface area (Å²) in [5.41, 5.74) is 6.08. The average molecular weight is 506 g/mol. The summed E-state index contributed by atoms with van der Waals surface area (Å²) in [6, 6.07) is 27.4. The van der Waals surface area contributed by atoms with Crippen LogP contribution in [0.25, 0.3) is 11.5 Å². The Kier molecular flexibility index (Phi) is 6.04. The lowest BCUT2D eigenvalue weighted by Crippen LogP contribution is -2.38. The highest BCUT2D eigenvalue weighted by molar-refractivity contribution is 5.91. The average Bonchev–Trinajstić information content (AvgIpc) is 3.51. The molecular weight excluding hydrogens is 477 g/mol. The van der Waals surface area contributed by atoms with Gasteiger partial charge < -0.3 is 14.8 Å². The molecule has 0 bridgehead atoms. The molecular formula is C31H28FN5O. The molecule has 0 spiro atoms. The first kappa shape index (κ1) is 23.7. The van der Waals surface area contributed by atoms with Gasteiger partial charge in [0.25, 0.3) is 0 Å². The fourth-order valence-corrected chi connectivity index (χ4v) is 5.28. The second-order valence-electron chi connectivity index (χ2n) is 9.48. The monoisotopic (exact) mass is 505 g/mol. The number of carbonyl (C=O) groups excluding carboxylic acids is 1. The lowest BCUT2D eigenvalue weighted by molar-refractivity contribution is 0.194. The third kappa shape index (κ3) is 4.06. The van der Waals surface area contributed by atoms with Crippen molar-refractivity contribution in [3.8, 4) is 11.5 Å². The number of nitrogens with one attached hydrogen (secondary N) is 1. The van der Waals surface area contributed by atoms with E-state index in [1.54, 1.807) is 11.0 Å². The fourth-order valence-electron chi connectivity index (χ4n) is 5.28. The second kappa shape index (κ2) is 9.67. The molecule has 6 rings (SSSR count). The predicted octanol–water partition coefficient (Wildman–Crippen LogP) is 6.81. The van der Waals surface area contributed by atoms with Gasteiger partial charge in [-0.1, -0.05) is 55.5 Å². The van der Waals surface area contributed by atoms with Gasteiger partial charge in [-0.15, -0.1) is 0 Å². The molecule has 0 saturated heterocycles. The highest BCUT2D eigenvalue weighted by Gasteiger charge is 2.36. The second-order valence-corrected chi connectivity index (χ2v) is 9.48. The number of halogens is 1. The van der Waals surface area contributed by atoms with Gasteiger partial charge in [-0.2, -0.15) is 5.10 Å². The van der Waals surface area contributed by atoms with Crippen LogP contribution in [0.2, 0.25) is 0 Å². The largest absolute Gasteiger partial charge is 0.322 e. The van der Waals surface area contributed by atoms with E-state index in [2.05, 4.69) is 16.8 Å². The maximum absolute atomic E-state index is 14.5. The van der Waals surface area contributed by atoms with Gasteiger partial charge in [0.15, 0.2) is 0 Å². The van der Waals surface area contributed by atoms with Gasteiger partial charge in [0, 0.05) is 17.4 Å². The number of aromatic nitrogens is 3. The first-order valence-corrected chi connectivity index (χ1v) is 12.8. The molecule has 38 heavy (non-hydrogen) atoms. The highest BCUT2D eigenvalue weighted by atomic mass is 19.1. The first-order valence-electron chi connectivity index (χ1n) is 12.8. The van der Waals surface area contributed by atoms with Crippen LogP contribution >= 0.6 is 0 Å². The number of aryl methyl sites for hydroxylation is 2. The molecule has 5 aromatic rings. The molecule has 1 aliphatic heterocycles. The van der Waals surface area contributed by atoms with E-state index in [1.165, 1.54) is 12.1 Å². The number of para-hydroxylation sites is 2. The van der Waals surface area contributed by atoms with Crippen LogP contribution in [0, 0.1) is 12.7 Å². The Morgan fingerprint density at radius 1 is 1.00 bits per heavy atom. The molecule has 1 aliphatic rings. The van der Waals surface area contributed by atoms with Gasteiger partial charge in [0.2, 0.25) is 0 Å². The number of carbonyl (C=O) groups is 1. The molecule has 0 saturated carbocycles. The van der Waals surface area contributed by atoms with Crippen molar-refractivity contribution in [1.82, 2.24) is 19.2 Å². The SMILES string of the molecule is CCc1nn(-c2ccccc2)c2c1CN(C(=O)Nc1ccccc1C)C(c1cccc(F)c1)c1cccn1-2. The maximum Gasteiger partial charge on any atom is 0.322 e. The van der Waals surface area contributed by atoms with Crippen molar-refractivity contribution in [2.24, 2.45) is 0 Å². The van der Waals surface area contributed by atoms with Gasteiger partial charge in [-0.05, 0) is 66.9 Å². The van der Waals surface area contributed by atoms with E-state index in [0.717, 1.165) is 39.7 Å². The molecule has 2 amide bonds. The van der Waals surface area contributed by atoms with E-state index >= 15 is 0 Å². The zero-order valence-corrected chi connectivity index (χ0v) is 21.3. The molecule has 1 N–H and O–H groups in total. The molecule has 0 fully saturated rings. The highest BCUT2D eigenvalue weighted by Crippen LogP contribution is 2.39. The fraction of sp³-hybridized carbons (Fsp3) is 0.161. The van der Waals surface area contributed by atoms with Crippen LogP contribution in [0.3, 0.4) is 0 Å². The first-order chi connectivity index (χ1) is 18.5. The van der Waals surface area contributed by atoms with Crippen LogP contribution < -0.4 is 5.32 Å². The normalized spacial score (nSPS) is 14.5. The summed E-state index contributed by atoms with van der Waals surface area (Å²) >= 11 is 0. The number of amides is 2. The Morgan fingerprint density at radius 3 is 2.55 bits per heavy atom. The number of anilines is 1. The molecule has 0 radical (unpaired) electrons. The van der Waals surface area contributed by atoms with Crippen LogP contribution in [-0.2, 0) is 13.0 Å². The number of hydrogen-bond acceptors (Lipinski definition) is 2. The minimum absolute atomic E-state index is 0.260. The van der Waals surface area contributed by atoms with Crippen molar-refractivity contribution >= 4 is 11.7 Å². The Hall–Kier alpha value is -4.65. The summed E-state index contributed by atoms with van der Waals surface area (Å²) in [4.78, 5) is 15.8. The van der Waals surface area contributed by atoms with Crippen molar-refractivity contribution in [2.75, 3.05) is 5.32 Å². The van der Waals surface area contributed by atoms with Crippen LogP contribution in [0.15, 0.2) is 97.2 Å². The summed E-state index contributed by atoms with van der Waals surface area (Å²) < 4.78 is 18.6. The Balaban J connectivity index is 1.57. The molecule has 1 atom stereocenters. The van der Waals surface area contributed by atoms with Crippen LogP contribution in [0.4, 0.5) is 14.9 Å². The quantitative estimate of drug-likeness (QED) is 0.292. The van der Waals surface area contributed by atoms with Crippen molar-refractivity contribution in [2.45, 2.75) is 32.9 Å². The zero-order valence-electron chi connectivity index (χ0n) is 21.3. The van der Waals surface area contributed by atoms with Gasteiger partial charge in [0.1, 0.15) is 11.6 Å². The third-order valence-electron chi connectivity index (χ3n) is 7.12. The summed E-state index contributed by atoms with van der Waals surface area (Å²) in [7, 11) is 0. The third-order valence-corrected chi connectivity index (χ3v) is 7.12. The van der Waals surface area contributed by atoms with E-state index in [0.29, 0.717) is 18.5 Å². The van der Waals surface area contributed by atoms with Crippen molar-refractivity contribution in [3.63, 3.8) is 0 Å². The summed E-state index contributed by atoms with van der Waals surface area (Å²) in [5, 5.41) is 8.09. The molecule has 2 aromatic heterocycles. The Morgan fingerprint density at radius 2 is 1.79 bits per heavy atom. The molecule has 190 valence electrons. The van der Waals surface area contributed by atoms with Gasteiger partial charge in [-0.3, -0.25) is 0 Å². The van der Waals surface area contributed by atoms with Crippen molar-refractivity contribution < 1.29 is 9.18 Å². The zero-order chi connectivity index (χ0) is 26.2. The van der Waals surface area contributed by atoms with E-state index < -0.39 is 6.04 Å². The predicted molar refractivity (Wildman–Crippen MR) is 146 cm³/mol. The minimum atomic E-state index is -0.522. The molecule has 1 unspecified atom stereocenters. The molecule has 7 heteroatoms. The van der Waals surface area contributed by atoms with Gasteiger partial charge >= 0.3 is 6.03 Å². The number of rotatable bonds is 4. The Labute approximate surface area is 221 Å². The smallest absolute Gasteiger partial charge is 0.308 e. The lowest BCUT2D eigenvalue weighted by Gasteiger charge is -2.31. The van der Waals surface area contributed by atoms with Crippen molar-refractivity contribution in [3.05, 3.63) is 131 Å². The van der Waals surface area contributed by atoms with E-state index in [-0.39, 0.29) is 11.8 Å². The number of fused-ring (bicyclic) bond motifs is 3. The van der Waals surface area contributed by atoms with Crippen LogP contribution in [0.1, 0.15) is 41.0 Å². The van der Waals surface area contributed by atoms with E-state index in [4.69, 9.17) is 5.10 Å². The van der Waals surface area contributed by atoms with Crippen LogP contribution in [-0.4, -0.2) is 25.3 Å². The summed E-state index contributed by atoms with van der Waals surface area (Å²) in [5.74, 6) is 0.548. The maximum atomic E-state index is 14.5. The van der Waals surface area contributed by atoms with E-state index in [1.807, 2.05) is 90.6 Å². The van der Waals surface area contributed by atoms with Gasteiger partial charge in [-0.25, -0.2) is 13.9 Å². The Bertz CT molecular complexity index is 1620. The number of hydrogen-bond donors (Lipinski definition) is 1. The standard InChI is InChI=1S/C31H28FN5O/c1-3-26-25-20-36(31(38)33-27-16-8-7-11-21(27)2)29(22-12-9-13-23(32)19-22)28-17-10-18-35(28)30(25)37(34-26)24-14-5-4-6-15-24/h4-19,29H,3,20H2,1-2H3,(H,33,38). The van der Waals surface area contributed by atoms with Crippen molar-refractivity contribution in [1.29, 1.82) is 0 Å². The summed E-state index contributed by atoms with van der Waals surface area (Å²) in [6.45, 7) is 4.34. The number of nitrogens with zero attached hydrogens (tertiary/aromatic N) is 4. The topological polar surface area (TPSA) is 55.1 Å². The minimum Gasteiger partial charge on any atom is -0.308 e. The molecule has 6 nitrogen and oxygen atoms in total. The van der Waals surface area contributed by atoms with Gasteiger partial charge in [0.05, 0.1) is 29.7 Å². The van der Waals surface area contributed by atoms with Crippen LogP contribution in [0.5, 0.6) is 0 Å². The van der Waals surface area contributed by atoms with E-state index in [9.17, 15) is 9.18 Å². The molecule has 0 aliphatic carbocycles. The number of urea groups is 1. The molecule has 3 aromatic carbocycles. The lowest BCUT2D eigenvalue weighted by atomic mass is 10.0. The number of benzene rings is 3.